The van der Waals surface area contributed by atoms with Crippen molar-refractivity contribution in [3.8, 4) is 22.8 Å². The van der Waals surface area contributed by atoms with Crippen LogP contribution in [0.4, 0.5) is 18.9 Å². The van der Waals surface area contributed by atoms with E-state index in [2.05, 4.69) is 83.3 Å². The number of anilines is 1. The number of hydrogen-bond donors (Lipinski definition) is 1. The molecule has 46 heavy (non-hydrogen) atoms. The van der Waals surface area contributed by atoms with Gasteiger partial charge in [0.25, 0.3) is 0 Å². The summed E-state index contributed by atoms with van der Waals surface area (Å²) in [5, 5.41) is 9.83. The first kappa shape index (κ1) is 33.1. The third kappa shape index (κ3) is 8.12. The lowest BCUT2D eigenvalue weighted by molar-refractivity contribution is -0.274. The van der Waals surface area contributed by atoms with Crippen LogP contribution in [0.3, 0.4) is 0 Å². The lowest BCUT2D eigenvalue weighted by Gasteiger charge is -2.32. The Morgan fingerprint density at radius 2 is 1.74 bits per heavy atom. The number of amides is 1. The Kier molecular flexibility index (Phi) is 10.1. The molecule has 0 saturated carbocycles. The molecule has 0 aliphatic carbocycles. The minimum Gasteiger partial charge on any atom is -0.406 e. The second-order valence-electron chi connectivity index (χ2n) is 11.9. The Hall–Kier alpha value is -4.25. The number of nitrogens with zero attached hydrogens (tertiary/aromatic N) is 4. The van der Waals surface area contributed by atoms with Gasteiger partial charge in [0.2, 0.25) is 5.91 Å². The molecule has 2 heterocycles. The van der Waals surface area contributed by atoms with E-state index in [1.807, 2.05) is 24.3 Å². The van der Waals surface area contributed by atoms with Crippen molar-refractivity contribution in [2.45, 2.75) is 71.7 Å². The van der Waals surface area contributed by atoms with Gasteiger partial charge in [-0.25, -0.2) is 9.67 Å². The molecular weight excluding hydrogens is 611 g/mol. The molecule has 0 bridgehead atoms. The number of nitrogens with one attached hydrogen (secondary N) is 1. The van der Waals surface area contributed by atoms with Gasteiger partial charge in [-0.15, -0.1) is 18.3 Å². The summed E-state index contributed by atoms with van der Waals surface area (Å²) in [5.74, 6) is 0.907. The maximum absolute atomic E-state index is 13.1. The van der Waals surface area contributed by atoms with E-state index in [1.54, 1.807) is 11.8 Å². The second kappa shape index (κ2) is 14.0. The van der Waals surface area contributed by atoms with Gasteiger partial charge in [-0.3, -0.25) is 4.79 Å². The molecular formula is C35H38F3N5O2S. The van der Waals surface area contributed by atoms with Crippen LogP contribution >= 0.6 is 11.8 Å². The number of hydrogen-bond acceptors (Lipinski definition) is 6. The van der Waals surface area contributed by atoms with Gasteiger partial charge in [0, 0.05) is 23.4 Å². The van der Waals surface area contributed by atoms with E-state index in [0.717, 1.165) is 35.4 Å². The minimum absolute atomic E-state index is 0.0377. The Bertz CT molecular complexity index is 1680. The van der Waals surface area contributed by atoms with Crippen LogP contribution in [-0.2, 0) is 11.2 Å². The predicted molar refractivity (Wildman–Crippen MR) is 177 cm³/mol. The van der Waals surface area contributed by atoms with Crippen molar-refractivity contribution in [3.63, 3.8) is 0 Å². The quantitative estimate of drug-likeness (QED) is 0.175. The Morgan fingerprint density at radius 1 is 1.02 bits per heavy atom. The molecule has 0 spiro atoms. The van der Waals surface area contributed by atoms with E-state index in [1.165, 1.54) is 46.4 Å². The Balaban J connectivity index is 1.13. The maximum atomic E-state index is 13.1. The van der Waals surface area contributed by atoms with Crippen LogP contribution in [0.1, 0.15) is 63.1 Å². The van der Waals surface area contributed by atoms with Crippen LogP contribution in [0.25, 0.3) is 17.1 Å². The highest BCUT2D eigenvalue weighted by Crippen LogP contribution is 2.39. The first-order chi connectivity index (χ1) is 21.9. The van der Waals surface area contributed by atoms with E-state index < -0.39 is 6.36 Å². The molecule has 1 aliphatic heterocycles. The molecule has 0 saturated heterocycles. The van der Waals surface area contributed by atoms with Gasteiger partial charge < -0.3 is 15.0 Å². The van der Waals surface area contributed by atoms with Crippen LogP contribution in [-0.4, -0.2) is 32.5 Å². The van der Waals surface area contributed by atoms with E-state index >= 15 is 0 Å². The van der Waals surface area contributed by atoms with Gasteiger partial charge in [-0.1, -0.05) is 68.9 Å². The van der Waals surface area contributed by atoms with Crippen LogP contribution < -0.4 is 15.0 Å². The number of rotatable bonds is 11. The molecule has 2 atom stereocenters. The first-order valence-corrected chi connectivity index (χ1v) is 16.2. The van der Waals surface area contributed by atoms with Gasteiger partial charge in [0.15, 0.2) is 11.3 Å². The number of aryl methyl sites for hydroxylation is 1. The monoisotopic (exact) mass is 649 g/mol. The van der Waals surface area contributed by atoms with Crippen LogP contribution in [0.2, 0.25) is 0 Å². The highest BCUT2D eigenvalue weighted by Gasteiger charge is 2.31. The van der Waals surface area contributed by atoms with Crippen molar-refractivity contribution in [1.82, 2.24) is 20.1 Å². The minimum atomic E-state index is -4.74. The summed E-state index contributed by atoms with van der Waals surface area (Å²) in [5.41, 5.74) is 7.17. The molecule has 7 nitrogen and oxygen atoms in total. The summed E-state index contributed by atoms with van der Waals surface area (Å²) in [7, 11) is 0. The van der Waals surface area contributed by atoms with Crippen LogP contribution in [0.15, 0.2) is 84.2 Å². The molecule has 242 valence electrons. The summed E-state index contributed by atoms with van der Waals surface area (Å²) < 4.78 is 42.7. The lowest BCUT2D eigenvalue weighted by atomic mass is 9.95. The lowest BCUT2D eigenvalue weighted by Crippen LogP contribution is -2.43. The van der Waals surface area contributed by atoms with Crippen molar-refractivity contribution in [1.29, 1.82) is 0 Å². The van der Waals surface area contributed by atoms with E-state index in [0.29, 0.717) is 29.8 Å². The number of ether oxygens (including phenoxy) is 1. The number of carbonyl (C=O) groups excluding carboxylic acids is 1. The van der Waals surface area contributed by atoms with Gasteiger partial charge >= 0.3 is 6.36 Å². The van der Waals surface area contributed by atoms with Crippen molar-refractivity contribution >= 4 is 23.4 Å². The summed E-state index contributed by atoms with van der Waals surface area (Å²) in [6.07, 6.45) is -1.19. The van der Waals surface area contributed by atoms with E-state index in [-0.39, 0.29) is 17.2 Å². The molecule has 1 aliphatic rings. The normalized spacial score (nSPS) is 15.6. The fourth-order valence-corrected chi connectivity index (χ4v) is 6.75. The smallest absolute Gasteiger partial charge is 0.406 e. The first-order valence-electron chi connectivity index (χ1n) is 15.3. The summed E-state index contributed by atoms with van der Waals surface area (Å²) >= 11 is 1.62. The van der Waals surface area contributed by atoms with Gasteiger partial charge in [0.05, 0.1) is 5.69 Å². The van der Waals surface area contributed by atoms with Crippen LogP contribution in [0.5, 0.6) is 5.75 Å². The largest absolute Gasteiger partial charge is 0.573 e. The van der Waals surface area contributed by atoms with Gasteiger partial charge in [0.1, 0.15) is 12.1 Å². The highest BCUT2D eigenvalue weighted by atomic mass is 32.2. The fraction of sp³-hybridized carbons (Fsp3) is 0.343. The molecule has 1 aromatic heterocycles. The number of benzene rings is 3. The highest BCUT2D eigenvalue weighted by molar-refractivity contribution is 8.03. The van der Waals surface area contributed by atoms with Crippen molar-refractivity contribution in [2.75, 3.05) is 4.90 Å². The molecule has 1 N–H and O–H groups in total. The molecule has 11 heteroatoms. The van der Waals surface area contributed by atoms with Crippen molar-refractivity contribution in [2.24, 2.45) is 5.92 Å². The zero-order valence-electron chi connectivity index (χ0n) is 26.5. The zero-order valence-corrected chi connectivity index (χ0v) is 27.3. The Labute approximate surface area is 271 Å². The number of carbonyl (C=O) groups is 1. The average Bonchev–Trinajstić information content (AvgIpc) is 3.63. The SMILES string of the molecule is CC1=CSC(NC(=O)CCC(C)Cc2ccc(-c3ncn(-c4ccc(OC(F)(F)F)cc4)n3)cc2)N1c1cccc(C)c1C(C)C. The van der Waals surface area contributed by atoms with E-state index in [4.69, 9.17) is 0 Å². The predicted octanol–water partition coefficient (Wildman–Crippen LogP) is 8.74. The summed E-state index contributed by atoms with van der Waals surface area (Å²) in [6, 6.07) is 19.8. The standard InChI is InChI=1S/C35H38F3N5O2S/c1-22(2)32-24(4)7-6-8-30(32)43-25(5)20-46-34(43)40-31(44)18-9-23(3)19-26-10-12-27(13-11-26)33-39-21-42(41-33)28-14-16-29(17-15-28)45-35(36,37)38/h6-8,10-17,20-23,34H,9,18-19H2,1-5H3,(H,40,44). The topological polar surface area (TPSA) is 72.3 Å². The zero-order chi connectivity index (χ0) is 33.0. The van der Waals surface area contributed by atoms with Gasteiger partial charge in [-0.2, -0.15) is 0 Å². The number of alkyl halides is 3. The molecule has 3 aromatic carbocycles. The number of allylic oxidation sites excluding steroid dienone is 1. The van der Waals surface area contributed by atoms with Crippen LogP contribution in [0, 0.1) is 12.8 Å². The number of thioether (sulfide) groups is 1. The second-order valence-corrected chi connectivity index (χ2v) is 12.9. The number of halogens is 3. The Morgan fingerprint density at radius 3 is 2.41 bits per heavy atom. The summed E-state index contributed by atoms with van der Waals surface area (Å²) in [4.78, 5) is 19.7. The molecule has 1 amide bonds. The molecule has 0 fully saturated rings. The molecule has 2 unspecified atom stereocenters. The van der Waals surface area contributed by atoms with Crippen molar-refractivity contribution in [3.05, 3.63) is 101 Å². The number of aromatic nitrogens is 3. The van der Waals surface area contributed by atoms with Gasteiger partial charge in [-0.05, 0) is 91.0 Å². The van der Waals surface area contributed by atoms with E-state index in [9.17, 15) is 18.0 Å². The van der Waals surface area contributed by atoms with Crippen molar-refractivity contribution < 1.29 is 22.7 Å². The molecule has 4 aromatic rings. The third-order valence-corrected chi connectivity index (χ3v) is 8.96. The summed E-state index contributed by atoms with van der Waals surface area (Å²) in [6.45, 7) is 10.8. The maximum Gasteiger partial charge on any atom is 0.573 e. The molecule has 0 radical (unpaired) electrons. The third-order valence-electron chi connectivity index (χ3n) is 7.89. The average molecular weight is 650 g/mol. The molecule has 5 rings (SSSR count). The fourth-order valence-electron chi connectivity index (χ4n) is 5.71.